The summed E-state index contributed by atoms with van der Waals surface area (Å²) in [5.74, 6) is 1.35. The van der Waals surface area contributed by atoms with E-state index in [9.17, 15) is 5.11 Å². The van der Waals surface area contributed by atoms with Crippen molar-refractivity contribution in [2.24, 2.45) is 4.99 Å². The van der Waals surface area contributed by atoms with Gasteiger partial charge in [-0.05, 0) is 36.1 Å². The summed E-state index contributed by atoms with van der Waals surface area (Å²) < 4.78 is 10.6. The molecule has 0 radical (unpaired) electrons. The molecule has 1 aliphatic heterocycles. The van der Waals surface area contributed by atoms with Gasteiger partial charge in [0.15, 0.2) is 17.5 Å². The molecule has 7 nitrogen and oxygen atoms in total. The van der Waals surface area contributed by atoms with Gasteiger partial charge >= 0.3 is 0 Å². The average Bonchev–Trinajstić information content (AvgIpc) is 3.27. The van der Waals surface area contributed by atoms with Crippen LogP contribution in [0.2, 0.25) is 0 Å². The maximum atomic E-state index is 9.97. The minimum absolute atomic E-state index is 0.128. The first kappa shape index (κ1) is 21.4. The molecule has 2 heterocycles. The van der Waals surface area contributed by atoms with Crippen molar-refractivity contribution in [2.45, 2.75) is 19.5 Å². The molecule has 1 atom stereocenters. The number of aliphatic imine (C=N–C) groups is 1. The summed E-state index contributed by atoms with van der Waals surface area (Å²) in [7, 11) is 1.54. The Morgan fingerprint density at radius 1 is 1.31 bits per heavy atom. The van der Waals surface area contributed by atoms with Crippen LogP contribution >= 0.6 is 11.3 Å². The number of benzene rings is 1. The highest BCUT2D eigenvalue weighted by Crippen LogP contribution is 2.27. The lowest BCUT2D eigenvalue weighted by atomic mass is 10.2. The fourth-order valence-electron chi connectivity index (χ4n) is 3.32. The molecule has 0 bridgehead atoms. The zero-order valence-electron chi connectivity index (χ0n) is 17.1. The van der Waals surface area contributed by atoms with Crippen LogP contribution in [0.3, 0.4) is 0 Å². The lowest BCUT2D eigenvalue weighted by Crippen LogP contribution is -2.46. The summed E-state index contributed by atoms with van der Waals surface area (Å²) in [4.78, 5) is 8.49. The molecule has 29 heavy (non-hydrogen) atoms. The molecule has 8 heteroatoms. The number of rotatable bonds is 8. The van der Waals surface area contributed by atoms with Crippen LogP contribution in [0.5, 0.6) is 11.5 Å². The molecule has 3 N–H and O–H groups in total. The third kappa shape index (κ3) is 6.09. The number of phenolic OH excluding ortho intramolecular Hbond substituents is 1. The van der Waals surface area contributed by atoms with Gasteiger partial charge in [0.2, 0.25) is 0 Å². The lowest BCUT2D eigenvalue weighted by Gasteiger charge is -2.34. The Morgan fingerprint density at radius 2 is 2.14 bits per heavy atom. The molecule has 0 saturated carbocycles. The molecule has 1 saturated heterocycles. The summed E-state index contributed by atoms with van der Waals surface area (Å²) in [5.41, 5.74) is 0.920. The quantitative estimate of drug-likeness (QED) is 0.452. The molecular weight excluding hydrogens is 388 g/mol. The second-order valence-electron chi connectivity index (χ2n) is 6.76. The molecule has 1 aromatic carbocycles. The molecule has 0 spiro atoms. The Labute approximate surface area is 176 Å². The van der Waals surface area contributed by atoms with Gasteiger partial charge in [0.25, 0.3) is 0 Å². The molecule has 0 aliphatic carbocycles. The first-order valence-electron chi connectivity index (χ1n) is 9.94. The Kier molecular flexibility index (Phi) is 8.15. The van der Waals surface area contributed by atoms with Crippen LogP contribution in [0.1, 0.15) is 23.4 Å². The second kappa shape index (κ2) is 11.0. The van der Waals surface area contributed by atoms with E-state index in [1.165, 1.54) is 4.88 Å². The summed E-state index contributed by atoms with van der Waals surface area (Å²) in [5, 5.41) is 18.9. The molecule has 1 aromatic heterocycles. The predicted octanol–water partition coefficient (Wildman–Crippen LogP) is 2.59. The van der Waals surface area contributed by atoms with E-state index < -0.39 is 0 Å². The van der Waals surface area contributed by atoms with Crippen molar-refractivity contribution < 1.29 is 14.6 Å². The molecular formula is C21H30N4O3S. The molecule has 0 amide bonds. The van der Waals surface area contributed by atoms with Crippen molar-refractivity contribution in [1.29, 1.82) is 0 Å². The van der Waals surface area contributed by atoms with E-state index in [1.54, 1.807) is 30.6 Å². The highest BCUT2D eigenvalue weighted by atomic mass is 32.1. The lowest BCUT2D eigenvalue weighted by molar-refractivity contribution is 0.0177. The van der Waals surface area contributed by atoms with Gasteiger partial charge in [0.1, 0.15) is 0 Å². The number of morpholine rings is 1. The Balaban J connectivity index is 1.66. The van der Waals surface area contributed by atoms with E-state index in [0.29, 0.717) is 12.3 Å². The van der Waals surface area contributed by atoms with Gasteiger partial charge in [0, 0.05) is 31.1 Å². The first-order valence-corrected chi connectivity index (χ1v) is 10.8. The highest BCUT2D eigenvalue weighted by Gasteiger charge is 2.23. The molecule has 1 unspecified atom stereocenters. The van der Waals surface area contributed by atoms with Gasteiger partial charge in [-0.3, -0.25) is 4.90 Å². The summed E-state index contributed by atoms with van der Waals surface area (Å²) >= 11 is 1.78. The summed E-state index contributed by atoms with van der Waals surface area (Å²) in [6.07, 6.45) is 0. The minimum atomic E-state index is 0.128. The van der Waals surface area contributed by atoms with Crippen LogP contribution in [0.25, 0.3) is 0 Å². The van der Waals surface area contributed by atoms with Gasteiger partial charge in [-0.2, -0.15) is 0 Å². The van der Waals surface area contributed by atoms with E-state index in [-0.39, 0.29) is 11.8 Å². The number of hydrogen-bond donors (Lipinski definition) is 3. The van der Waals surface area contributed by atoms with Crippen molar-refractivity contribution in [2.75, 3.05) is 46.5 Å². The van der Waals surface area contributed by atoms with Crippen LogP contribution in [0, 0.1) is 0 Å². The van der Waals surface area contributed by atoms with Gasteiger partial charge in [-0.15, -0.1) is 11.3 Å². The number of thiophene rings is 1. The average molecular weight is 419 g/mol. The zero-order chi connectivity index (χ0) is 20.5. The highest BCUT2D eigenvalue weighted by molar-refractivity contribution is 7.10. The SMILES string of the molecule is CCNC(=NCc1ccc(OC)c(O)c1)NCC(c1cccs1)N1CCOCC1. The topological polar surface area (TPSA) is 78.4 Å². The van der Waals surface area contributed by atoms with Crippen LogP contribution in [0.15, 0.2) is 40.7 Å². The van der Waals surface area contributed by atoms with E-state index in [1.807, 2.05) is 6.07 Å². The fourth-order valence-corrected chi connectivity index (χ4v) is 4.18. The van der Waals surface area contributed by atoms with Gasteiger partial charge in [-0.25, -0.2) is 4.99 Å². The third-order valence-electron chi connectivity index (χ3n) is 4.83. The normalized spacial score (nSPS) is 16.4. The van der Waals surface area contributed by atoms with Crippen LogP contribution < -0.4 is 15.4 Å². The molecule has 2 aromatic rings. The number of nitrogens with one attached hydrogen (secondary N) is 2. The van der Waals surface area contributed by atoms with Gasteiger partial charge < -0.3 is 25.2 Å². The monoisotopic (exact) mass is 418 g/mol. The van der Waals surface area contributed by atoms with E-state index in [0.717, 1.165) is 50.9 Å². The van der Waals surface area contributed by atoms with Gasteiger partial charge in [0.05, 0.1) is 32.9 Å². The molecule has 158 valence electrons. The predicted molar refractivity (Wildman–Crippen MR) is 117 cm³/mol. The maximum absolute atomic E-state index is 9.97. The smallest absolute Gasteiger partial charge is 0.191 e. The standard InChI is InChI=1S/C21H30N4O3S/c1-3-22-21(23-14-16-6-7-19(27-2)18(26)13-16)24-15-17(20-5-4-12-29-20)25-8-10-28-11-9-25/h4-7,12-13,17,26H,3,8-11,14-15H2,1-2H3,(H2,22,23,24). The third-order valence-corrected chi connectivity index (χ3v) is 5.80. The first-order chi connectivity index (χ1) is 14.2. The van der Waals surface area contributed by atoms with Crippen LogP contribution in [0.4, 0.5) is 0 Å². The van der Waals surface area contributed by atoms with Crippen molar-refractivity contribution >= 4 is 17.3 Å². The number of hydrogen-bond acceptors (Lipinski definition) is 6. The molecule has 1 aliphatic rings. The molecule has 3 rings (SSSR count). The Bertz CT molecular complexity index is 776. The van der Waals surface area contributed by atoms with Crippen LogP contribution in [-0.4, -0.2) is 62.5 Å². The Hall–Kier alpha value is -2.29. The van der Waals surface area contributed by atoms with E-state index in [4.69, 9.17) is 9.47 Å². The number of ether oxygens (including phenoxy) is 2. The van der Waals surface area contributed by atoms with Crippen LogP contribution in [-0.2, 0) is 11.3 Å². The number of phenols is 1. The zero-order valence-corrected chi connectivity index (χ0v) is 17.9. The van der Waals surface area contributed by atoms with Crippen molar-refractivity contribution in [3.63, 3.8) is 0 Å². The van der Waals surface area contributed by atoms with Crippen molar-refractivity contribution in [1.82, 2.24) is 15.5 Å². The second-order valence-corrected chi connectivity index (χ2v) is 7.74. The number of nitrogens with zero attached hydrogens (tertiary/aromatic N) is 2. The summed E-state index contributed by atoms with van der Waals surface area (Å²) in [6, 6.07) is 9.93. The van der Waals surface area contributed by atoms with Crippen molar-refractivity contribution in [3.8, 4) is 11.5 Å². The number of aromatic hydroxyl groups is 1. The number of methoxy groups -OCH3 is 1. The number of guanidine groups is 1. The largest absolute Gasteiger partial charge is 0.504 e. The van der Waals surface area contributed by atoms with Gasteiger partial charge in [-0.1, -0.05) is 12.1 Å². The maximum Gasteiger partial charge on any atom is 0.191 e. The fraction of sp³-hybridized carbons (Fsp3) is 0.476. The van der Waals surface area contributed by atoms with E-state index >= 15 is 0 Å². The van der Waals surface area contributed by atoms with Crippen molar-refractivity contribution in [3.05, 3.63) is 46.2 Å². The summed E-state index contributed by atoms with van der Waals surface area (Å²) in [6.45, 7) is 7.48. The minimum Gasteiger partial charge on any atom is -0.504 e. The van der Waals surface area contributed by atoms with E-state index in [2.05, 4.69) is 45.0 Å². The Morgan fingerprint density at radius 3 is 2.79 bits per heavy atom. The molecule has 1 fully saturated rings.